The van der Waals surface area contributed by atoms with E-state index in [1.54, 1.807) is 17.9 Å². The molecule has 3 heterocycles. The lowest BCUT2D eigenvalue weighted by atomic mass is 9.94. The summed E-state index contributed by atoms with van der Waals surface area (Å²) in [6.45, 7) is 8.18. The van der Waals surface area contributed by atoms with E-state index in [0.29, 0.717) is 18.8 Å². The minimum absolute atomic E-state index is 0.143. The molecule has 1 aliphatic carbocycles. The van der Waals surface area contributed by atoms with E-state index in [9.17, 15) is 14.4 Å². The molecule has 3 amide bonds. The van der Waals surface area contributed by atoms with Crippen molar-refractivity contribution < 1.29 is 14.4 Å². The molecule has 0 spiro atoms. The second-order valence-corrected chi connectivity index (χ2v) is 10.2. The van der Waals surface area contributed by atoms with E-state index in [-0.39, 0.29) is 36.0 Å². The van der Waals surface area contributed by atoms with Crippen molar-refractivity contribution in [2.75, 3.05) is 32.7 Å². The van der Waals surface area contributed by atoms with E-state index in [4.69, 9.17) is 0 Å². The number of carbonyl (C=O) groups is 3. The summed E-state index contributed by atoms with van der Waals surface area (Å²) in [5.41, 5.74) is -0.439. The molecule has 1 aromatic rings. The standard InChI is InChI=1S/C25H40N6O3/c1-3-30-23(33)21-17-20(22(32)26-13-10-16-29-14-8-4-5-9-15-29)28-31(21)18-25(30,2)24(34)27-19-11-6-7-12-19/h17,19H,3-16,18H2,1-2H3,(H,26,32)(H,27,34)/t25-/m1/s1. The predicted octanol–water partition coefficient (Wildman–Crippen LogP) is 2.17. The van der Waals surface area contributed by atoms with Gasteiger partial charge in [0.25, 0.3) is 11.8 Å². The highest BCUT2D eigenvalue weighted by molar-refractivity contribution is 6.01. The Balaban J connectivity index is 1.37. The minimum atomic E-state index is -1.03. The van der Waals surface area contributed by atoms with Crippen molar-refractivity contribution in [3.63, 3.8) is 0 Å². The van der Waals surface area contributed by atoms with Gasteiger partial charge < -0.3 is 20.4 Å². The van der Waals surface area contributed by atoms with Gasteiger partial charge in [-0.15, -0.1) is 0 Å². The number of rotatable bonds is 8. The maximum absolute atomic E-state index is 13.3. The van der Waals surface area contributed by atoms with Crippen LogP contribution in [-0.4, -0.2) is 81.6 Å². The maximum atomic E-state index is 13.3. The molecule has 0 unspecified atom stereocenters. The van der Waals surface area contributed by atoms with Gasteiger partial charge in [-0.05, 0) is 65.6 Å². The van der Waals surface area contributed by atoms with Gasteiger partial charge in [0.15, 0.2) is 5.69 Å². The van der Waals surface area contributed by atoms with Crippen LogP contribution in [0.1, 0.15) is 92.6 Å². The molecule has 2 aliphatic heterocycles. The summed E-state index contributed by atoms with van der Waals surface area (Å²) in [6.07, 6.45) is 10.2. The zero-order chi connectivity index (χ0) is 24.1. The third-order valence-corrected chi connectivity index (χ3v) is 7.66. The monoisotopic (exact) mass is 472 g/mol. The van der Waals surface area contributed by atoms with E-state index in [1.807, 2.05) is 6.92 Å². The molecular formula is C25H40N6O3. The van der Waals surface area contributed by atoms with Gasteiger partial charge in [-0.2, -0.15) is 5.10 Å². The molecule has 1 saturated heterocycles. The lowest BCUT2D eigenvalue weighted by molar-refractivity contribution is -0.133. The van der Waals surface area contributed by atoms with Crippen LogP contribution in [0.4, 0.5) is 0 Å². The summed E-state index contributed by atoms with van der Waals surface area (Å²) >= 11 is 0. The van der Waals surface area contributed by atoms with Crippen LogP contribution in [0.3, 0.4) is 0 Å². The molecule has 2 fully saturated rings. The van der Waals surface area contributed by atoms with Gasteiger partial charge in [-0.3, -0.25) is 19.1 Å². The van der Waals surface area contributed by atoms with Crippen molar-refractivity contribution in [3.8, 4) is 0 Å². The second-order valence-electron chi connectivity index (χ2n) is 10.2. The number of likely N-dealkylation sites (tertiary alicyclic amines) is 1. The van der Waals surface area contributed by atoms with E-state index < -0.39 is 5.54 Å². The van der Waals surface area contributed by atoms with Crippen LogP contribution >= 0.6 is 0 Å². The number of fused-ring (bicyclic) bond motifs is 1. The van der Waals surface area contributed by atoms with Crippen molar-refractivity contribution in [1.29, 1.82) is 0 Å². The molecular weight excluding hydrogens is 432 g/mol. The molecule has 1 saturated carbocycles. The van der Waals surface area contributed by atoms with Crippen molar-refractivity contribution in [3.05, 3.63) is 17.5 Å². The molecule has 1 atom stereocenters. The summed E-state index contributed by atoms with van der Waals surface area (Å²) in [5.74, 6) is -0.675. The summed E-state index contributed by atoms with van der Waals surface area (Å²) in [7, 11) is 0. The molecule has 2 N–H and O–H groups in total. The van der Waals surface area contributed by atoms with Gasteiger partial charge in [0.05, 0.1) is 6.54 Å². The lowest BCUT2D eigenvalue weighted by Gasteiger charge is -2.43. The van der Waals surface area contributed by atoms with Gasteiger partial charge in [0.1, 0.15) is 11.2 Å². The smallest absolute Gasteiger partial charge is 0.273 e. The number of amides is 3. The van der Waals surface area contributed by atoms with Crippen LogP contribution in [0.15, 0.2) is 6.07 Å². The highest BCUT2D eigenvalue weighted by Crippen LogP contribution is 2.28. The van der Waals surface area contributed by atoms with Crippen LogP contribution in [-0.2, 0) is 11.3 Å². The molecule has 188 valence electrons. The molecule has 9 nitrogen and oxygen atoms in total. The Kier molecular flexibility index (Phi) is 7.91. The van der Waals surface area contributed by atoms with E-state index in [0.717, 1.165) is 51.7 Å². The van der Waals surface area contributed by atoms with Crippen molar-refractivity contribution >= 4 is 17.7 Å². The van der Waals surface area contributed by atoms with Gasteiger partial charge in [-0.25, -0.2) is 0 Å². The number of nitrogens with zero attached hydrogens (tertiary/aromatic N) is 4. The quantitative estimate of drug-likeness (QED) is 0.565. The van der Waals surface area contributed by atoms with Gasteiger partial charge in [0, 0.05) is 25.2 Å². The Morgan fingerprint density at radius 2 is 1.82 bits per heavy atom. The van der Waals surface area contributed by atoms with Crippen LogP contribution in [0, 0.1) is 0 Å². The van der Waals surface area contributed by atoms with Crippen molar-refractivity contribution in [2.45, 2.75) is 89.8 Å². The first-order valence-corrected chi connectivity index (χ1v) is 13.1. The molecule has 9 heteroatoms. The highest BCUT2D eigenvalue weighted by Gasteiger charge is 2.48. The van der Waals surface area contributed by atoms with Crippen LogP contribution < -0.4 is 10.6 Å². The third-order valence-electron chi connectivity index (χ3n) is 7.66. The van der Waals surface area contributed by atoms with E-state index >= 15 is 0 Å². The average molecular weight is 473 g/mol. The third kappa shape index (κ3) is 5.29. The Labute approximate surface area is 202 Å². The topological polar surface area (TPSA) is 99.6 Å². The SMILES string of the molecule is CCN1C(=O)c2cc(C(=O)NCCCN3CCCCCC3)nn2C[C@]1(C)C(=O)NC1CCCC1. The first-order valence-electron chi connectivity index (χ1n) is 13.1. The Bertz CT molecular complexity index is 885. The Morgan fingerprint density at radius 1 is 1.12 bits per heavy atom. The van der Waals surface area contributed by atoms with E-state index in [2.05, 4.69) is 20.6 Å². The van der Waals surface area contributed by atoms with Crippen molar-refractivity contribution in [1.82, 2.24) is 30.2 Å². The van der Waals surface area contributed by atoms with E-state index in [1.165, 1.54) is 30.4 Å². The summed E-state index contributed by atoms with van der Waals surface area (Å²) in [4.78, 5) is 43.3. The number of aromatic nitrogens is 2. The fraction of sp³-hybridized carbons (Fsp3) is 0.760. The number of nitrogens with one attached hydrogen (secondary N) is 2. The number of likely N-dealkylation sites (N-methyl/N-ethyl adjacent to an activating group) is 1. The molecule has 3 aliphatic rings. The van der Waals surface area contributed by atoms with Crippen LogP contribution in [0.5, 0.6) is 0 Å². The lowest BCUT2D eigenvalue weighted by Crippen LogP contribution is -2.64. The zero-order valence-corrected chi connectivity index (χ0v) is 20.8. The summed E-state index contributed by atoms with van der Waals surface area (Å²) in [5, 5.41) is 10.5. The first-order chi connectivity index (χ1) is 16.4. The Hall–Kier alpha value is -2.42. The fourth-order valence-corrected chi connectivity index (χ4v) is 5.61. The highest BCUT2D eigenvalue weighted by atomic mass is 16.2. The number of hydrogen-bond donors (Lipinski definition) is 2. The molecule has 0 radical (unpaired) electrons. The predicted molar refractivity (Wildman–Crippen MR) is 130 cm³/mol. The summed E-state index contributed by atoms with van der Waals surface area (Å²) < 4.78 is 1.54. The Morgan fingerprint density at radius 3 is 2.50 bits per heavy atom. The van der Waals surface area contributed by atoms with Crippen LogP contribution in [0.2, 0.25) is 0 Å². The zero-order valence-electron chi connectivity index (χ0n) is 20.8. The van der Waals surface area contributed by atoms with Gasteiger partial charge in [0.2, 0.25) is 5.91 Å². The van der Waals surface area contributed by atoms with Gasteiger partial charge >= 0.3 is 0 Å². The van der Waals surface area contributed by atoms with Gasteiger partial charge in [-0.1, -0.05) is 25.7 Å². The number of carbonyl (C=O) groups excluding carboxylic acids is 3. The average Bonchev–Trinajstić information content (AvgIpc) is 3.41. The minimum Gasteiger partial charge on any atom is -0.351 e. The van der Waals surface area contributed by atoms with Crippen molar-refractivity contribution in [2.24, 2.45) is 0 Å². The largest absolute Gasteiger partial charge is 0.351 e. The second kappa shape index (κ2) is 10.9. The number of hydrogen-bond acceptors (Lipinski definition) is 5. The fourth-order valence-electron chi connectivity index (χ4n) is 5.61. The summed E-state index contributed by atoms with van der Waals surface area (Å²) in [6, 6.07) is 1.73. The normalized spacial score (nSPS) is 24.1. The van der Waals surface area contributed by atoms with Crippen LogP contribution in [0.25, 0.3) is 0 Å². The molecule has 4 rings (SSSR count). The molecule has 34 heavy (non-hydrogen) atoms. The maximum Gasteiger partial charge on any atom is 0.273 e. The molecule has 1 aromatic heterocycles. The molecule has 0 aromatic carbocycles. The first kappa shape index (κ1) is 24.7. The molecule has 0 bridgehead atoms.